The number of allylic oxidation sites excluding steroid dienone is 17. The van der Waals surface area contributed by atoms with Gasteiger partial charge in [0.15, 0.2) is 5.78 Å². The predicted octanol–water partition coefficient (Wildman–Crippen LogP) is 8.78. The van der Waals surface area contributed by atoms with Crippen molar-refractivity contribution in [1.82, 2.24) is 0 Å². The van der Waals surface area contributed by atoms with Crippen LogP contribution in [-0.4, -0.2) is 39.9 Å². The molecule has 4 heteroatoms. The zero-order valence-corrected chi connectivity index (χ0v) is 28.5. The van der Waals surface area contributed by atoms with Gasteiger partial charge in [-0.15, -0.1) is 0 Å². The minimum Gasteiger partial charge on any atom is -0.393 e. The van der Waals surface area contributed by atoms with E-state index in [-0.39, 0.29) is 41.8 Å². The van der Waals surface area contributed by atoms with E-state index in [1.54, 1.807) is 6.08 Å². The predicted molar refractivity (Wildman–Crippen MR) is 186 cm³/mol. The summed E-state index contributed by atoms with van der Waals surface area (Å²) in [5.74, 6) is 0.248. The molecule has 2 rings (SSSR count). The number of hydrogen-bond acceptors (Lipinski definition) is 4. The molecule has 4 nitrogen and oxygen atoms in total. The fourth-order valence-electron chi connectivity index (χ4n) is 6.39. The summed E-state index contributed by atoms with van der Waals surface area (Å²) in [6, 6.07) is 0. The van der Waals surface area contributed by atoms with Crippen molar-refractivity contribution in [2.24, 2.45) is 16.7 Å². The quantitative estimate of drug-likeness (QED) is 0.119. The number of carbonyl (C=O) groups is 1. The fraction of sp³-hybridized carbons (Fsp3) is 0.475. The van der Waals surface area contributed by atoms with Crippen LogP contribution in [0.25, 0.3) is 0 Å². The maximum absolute atomic E-state index is 13.0. The van der Waals surface area contributed by atoms with Gasteiger partial charge < -0.3 is 15.3 Å². The lowest BCUT2D eigenvalue weighted by atomic mass is 9.67. The van der Waals surface area contributed by atoms with Crippen molar-refractivity contribution in [3.8, 4) is 0 Å². The molecule has 2 aliphatic carbocycles. The molecule has 3 atom stereocenters. The summed E-state index contributed by atoms with van der Waals surface area (Å²) in [6.45, 7) is 18.5. The Hall–Kier alpha value is -3.05. The van der Waals surface area contributed by atoms with E-state index < -0.39 is 0 Å². The van der Waals surface area contributed by atoms with Gasteiger partial charge in [-0.1, -0.05) is 140 Å². The van der Waals surface area contributed by atoms with E-state index in [2.05, 4.69) is 84.9 Å². The van der Waals surface area contributed by atoms with Gasteiger partial charge in [-0.05, 0) is 64.7 Å². The van der Waals surface area contributed by atoms with E-state index in [1.807, 2.05) is 50.3 Å². The summed E-state index contributed by atoms with van der Waals surface area (Å²) in [7, 11) is 0. The van der Waals surface area contributed by atoms with Crippen LogP contribution in [0, 0.1) is 16.7 Å². The number of aliphatic hydroxyl groups is 3. The minimum absolute atomic E-state index is 0.0349. The van der Waals surface area contributed by atoms with Gasteiger partial charge in [0, 0.05) is 17.9 Å². The highest BCUT2D eigenvalue weighted by atomic mass is 16.3. The summed E-state index contributed by atoms with van der Waals surface area (Å²) in [6.07, 6.45) is 27.7. The van der Waals surface area contributed by atoms with Crippen molar-refractivity contribution in [3.05, 3.63) is 118 Å². The van der Waals surface area contributed by atoms with Crippen molar-refractivity contribution < 1.29 is 20.1 Å². The van der Waals surface area contributed by atoms with Crippen LogP contribution in [0.2, 0.25) is 0 Å². The van der Waals surface area contributed by atoms with E-state index >= 15 is 0 Å². The molecule has 0 bridgehead atoms. The van der Waals surface area contributed by atoms with Crippen LogP contribution < -0.4 is 0 Å². The molecule has 0 spiro atoms. The standard InChI is InChI=1S/C40H56O4/c1-28(16-12-17-30(3)20-21-36-31(4)22-34(42)25-39(36,6)7)14-10-11-15-29(2)18-13-19-33(27-41)38(44)24-37-32(5)23-35(43)26-40(37,8)9/h10-22,34-36,41-43H,23-27H2,1-9H3. The van der Waals surface area contributed by atoms with Crippen molar-refractivity contribution in [2.45, 2.75) is 100 Å². The molecule has 0 aromatic heterocycles. The monoisotopic (exact) mass is 600 g/mol. The van der Waals surface area contributed by atoms with E-state index in [0.29, 0.717) is 24.3 Å². The lowest BCUT2D eigenvalue weighted by molar-refractivity contribution is -0.115. The normalized spacial score (nSPS) is 25.6. The summed E-state index contributed by atoms with van der Waals surface area (Å²) >= 11 is 0. The third kappa shape index (κ3) is 11.8. The molecule has 0 aromatic carbocycles. The van der Waals surface area contributed by atoms with Gasteiger partial charge in [-0.3, -0.25) is 4.79 Å². The highest BCUT2D eigenvalue weighted by Crippen LogP contribution is 2.43. The van der Waals surface area contributed by atoms with Gasteiger partial charge in [0.25, 0.3) is 0 Å². The molecule has 240 valence electrons. The first kappa shape index (κ1) is 37.1. The number of carbonyl (C=O) groups excluding carboxylic acids is 1. The molecular weight excluding hydrogens is 544 g/mol. The van der Waals surface area contributed by atoms with Crippen LogP contribution >= 0.6 is 0 Å². The SMILES string of the molecule is CC(C=CC=C(C)C=CC1C(C)=CC(O)CC1(C)C)=CC=CC=C(C)C=CC=C(CO)C(=O)CC1=C(C)CC(O)CC1(C)C. The van der Waals surface area contributed by atoms with Gasteiger partial charge in [-0.2, -0.15) is 0 Å². The average Bonchev–Trinajstić information content (AvgIpc) is 2.89. The zero-order valence-electron chi connectivity index (χ0n) is 28.5. The van der Waals surface area contributed by atoms with Gasteiger partial charge in [0.1, 0.15) is 0 Å². The Kier molecular flexibility index (Phi) is 14.2. The Balaban J connectivity index is 1.94. The molecule has 0 fully saturated rings. The molecule has 3 unspecified atom stereocenters. The summed E-state index contributed by atoms with van der Waals surface area (Å²) in [5, 5.41) is 30.0. The largest absolute Gasteiger partial charge is 0.393 e. The third-order valence-electron chi connectivity index (χ3n) is 8.76. The molecule has 0 saturated carbocycles. The minimum atomic E-state index is -0.363. The lowest BCUT2D eigenvalue weighted by Gasteiger charge is -2.38. The Morgan fingerprint density at radius 1 is 0.841 bits per heavy atom. The molecule has 0 radical (unpaired) electrons. The number of ketones is 1. The Bertz CT molecular complexity index is 1330. The second kappa shape index (κ2) is 16.9. The first-order valence-electron chi connectivity index (χ1n) is 15.9. The van der Waals surface area contributed by atoms with Crippen LogP contribution in [0.3, 0.4) is 0 Å². The second-order valence-corrected chi connectivity index (χ2v) is 14.0. The molecule has 0 heterocycles. The van der Waals surface area contributed by atoms with Gasteiger partial charge in [-0.25, -0.2) is 0 Å². The van der Waals surface area contributed by atoms with Crippen molar-refractivity contribution in [3.63, 3.8) is 0 Å². The van der Waals surface area contributed by atoms with Crippen LogP contribution in [0.15, 0.2) is 118 Å². The highest BCUT2D eigenvalue weighted by Gasteiger charge is 2.35. The average molecular weight is 601 g/mol. The lowest BCUT2D eigenvalue weighted by Crippen LogP contribution is -2.32. The van der Waals surface area contributed by atoms with Gasteiger partial charge >= 0.3 is 0 Å². The molecule has 44 heavy (non-hydrogen) atoms. The maximum atomic E-state index is 13.0. The molecule has 0 saturated heterocycles. The molecule has 0 aromatic rings. The molecule has 0 amide bonds. The van der Waals surface area contributed by atoms with Crippen molar-refractivity contribution in [1.29, 1.82) is 0 Å². The third-order valence-corrected chi connectivity index (χ3v) is 8.76. The van der Waals surface area contributed by atoms with E-state index in [1.165, 1.54) is 11.1 Å². The van der Waals surface area contributed by atoms with Crippen molar-refractivity contribution in [2.75, 3.05) is 6.61 Å². The number of hydrogen-bond donors (Lipinski definition) is 3. The Labute approximate surface area is 267 Å². The highest BCUT2D eigenvalue weighted by molar-refractivity contribution is 5.97. The van der Waals surface area contributed by atoms with E-state index in [9.17, 15) is 20.1 Å². The topological polar surface area (TPSA) is 77.8 Å². The number of aliphatic hydroxyl groups excluding tert-OH is 3. The first-order valence-corrected chi connectivity index (χ1v) is 15.9. The maximum Gasteiger partial charge on any atom is 0.165 e. The van der Waals surface area contributed by atoms with Crippen LogP contribution in [0.1, 0.15) is 88.0 Å². The summed E-state index contributed by atoms with van der Waals surface area (Å²) in [5.41, 5.74) is 6.91. The summed E-state index contributed by atoms with van der Waals surface area (Å²) < 4.78 is 0. The Morgan fingerprint density at radius 3 is 1.93 bits per heavy atom. The van der Waals surface area contributed by atoms with Crippen LogP contribution in [0.5, 0.6) is 0 Å². The van der Waals surface area contributed by atoms with E-state index in [0.717, 1.165) is 28.7 Å². The molecule has 0 aliphatic heterocycles. The summed E-state index contributed by atoms with van der Waals surface area (Å²) in [4.78, 5) is 13.0. The molecular formula is C40H56O4. The van der Waals surface area contributed by atoms with Gasteiger partial charge in [0.05, 0.1) is 18.8 Å². The number of rotatable bonds is 12. The second-order valence-electron chi connectivity index (χ2n) is 14.0. The first-order chi connectivity index (χ1) is 20.6. The molecule has 2 aliphatic rings. The van der Waals surface area contributed by atoms with E-state index in [4.69, 9.17) is 0 Å². The van der Waals surface area contributed by atoms with Crippen LogP contribution in [0.4, 0.5) is 0 Å². The fourth-order valence-corrected chi connectivity index (χ4v) is 6.39. The Morgan fingerprint density at radius 2 is 1.39 bits per heavy atom. The van der Waals surface area contributed by atoms with Crippen molar-refractivity contribution >= 4 is 5.78 Å². The zero-order chi connectivity index (χ0) is 33.1. The molecule has 3 N–H and O–H groups in total. The van der Waals surface area contributed by atoms with Gasteiger partial charge in [0.2, 0.25) is 0 Å². The van der Waals surface area contributed by atoms with Crippen LogP contribution in [-0.2, 0) is 4.79 Å². The smallest absolute Gasteiger partial charge is 0.165 e. The number of Topliss-reactive ketones (excluding diaryl/α,β-unsaturated/α-hetero) is 1.